The first kappa shape index (κ1) is 25.1. The van der Waals surface area contributed by atoms with E-state index in [0.717, 1.165) is 59.1 Å². The van der Waals surface area contributed by atoms with Crippen molar-refractivity contribution < 1.29 is 0 Å². The average Bonchev–Trinajstić information content (AvgIpc) is 3.52. The number of para-hydroxylation sites is 4. The number of hydrogen-bond acceptors (Lipinski definition) is 2. The minimum Gasteiger partial charge on any atom is -0.308 e. The van der Waals surface area contributed by atoms with Gasteiger partial charge in [-0.15, -0.1) is 0 Å². The Hall–Kier alpha value is -5.32. The van der Waals surface area contributed by atoms with Crippen LogP contribution >= 0.6 is 0 Å². The van der Waals surface area contributed by atoms with Gasteiger partial charge in [0.15, 0.2) is 0 Å². The van der Waals surface area contributed by atoms with E-state index in [1.54, 1.807) is 0 Å². The van der Waals surface area contributed by atoms with E-state index >= 15 is 0 Å². The van der Waals surface area contributed by atoms with Gasteiger partial charge in [0, 0.05) is 21.5 Å². The molecule has 0 amide bonds. The first-order chi connectivity index (χ1) is 22.2. The molecule has 11 rings (SSSR count). The number of nitriles is 2. The second-order valence-corrected chi connectivity index (χ2v) is 13.5. The maximum Gasteiger partial charge on any atom is 0.103 e. The molecule has 214 valence electrons. The van der Waals surface area contributed by atoms with Crippen molar-refractivity contribution in [2.24, 2.45) is 11.8 Å². The van der Waals surface area contributed by atoms with Gasteiger partial charge in [-0.2, -0.15) is 10.5 Å². The van der Waals surface area contributed by atoms with E-state index in [-0.39, 0.29) is 0 Å². The van der Waals surface area contributed by atoms with Crippen LogP contribution in [0.15, 0.2) is 97.1 Å². The van der Waals surface area contributed by atoms with Gasteiger partial charge in [-0.1, -0.05) is 72.8 Å². The summed E-state index contributed by atoms with van der Waals surface area (Å²) in [6.07, 6.45) is 5.95. The van der Waals surface area contributed by atoms with E-state index in [1.165, 1.54) is 39.1 Å². The summed E-state index contributed by atoms with van der Waals surface area (Å²) in [6.45, 7) is 0. The topological polar surface area (TPSA) is 57.4 Å². The number of hydrogen-bond donors (Lipinski definition) is 0. The molecule has 4 bridgehead atoms. The molecule has 2 fully saturated rings. The SMILES string of the molecule is N#Cc1c(C#N)c(-n2c3ccccc3c3ccccc32)c2c(c1-n1c3ccccc3c3ccccc31)C1CC3CC(C1)CC2C3. The largest absolute Gasteiger partial charge is 0.308 e. The lowest BCUT2D eigenvalue weighted by molar-refractivity contribution is 0.166. The van der Waals surface area contributed by atoms with Gasteiger partial charge in [0.05, 0.1) is 44.6 Å². The molecule has 45 heavy (non-hydrogen) atoms. The summed E-state index contributed by atoms with van der Waals surface area (Å²) in [4.78, 5) is 0. The first-order valence-corrected chi connectivity index (χ1v) is 16.3. The molecule has 0 spiro atoms. The molecule has 2 heterocycles. The van der Waals surface area contributed by atoms with Gasteiger partial charge in [-0.3, -0.25) is 0 Å². The number of nitrogens with zero attached hydrogens (tertiary/aromatic N) is 4. The zero-order chi connectivity index (χ0) is 29.8. The molecule has 0 saturated heterocycles. The predicted octanol–water partition coefficient (Wildman–Crippen LogP) is 10.0. The van der Waals surface area contributed by atoms with Gasteiger partial charge in [0.2, 0.25) is 0 Å². The lowest BCUT2D eigenvalue weighted by Gasteiger charge is -2.38. The van der Waals surface area contributed by atoms with Crippen molar-refractivity contribution in [1.82, 2.24) is 9.13 Å². The fraction of sp³-hybridized carbons (Fsp3) is 0.220. The van der Waals surface area contributed by atoms with Crippen LogP contribution in [0.4, 0.5) is 0 Å². The standard InChI is InChI=1S/C41H30N4/c42-22-32-33(23-43)41(45-36-15-7-3-11-30(36)31-12-4-8-16-37(31)45)39-27-20-24-17-25(21-27)19-26(18-24)38(39)40(32)44-34-13-5-1-9-28(34)29-10-2-6-14-35(29)44/h1-16,24-27H,17-21H2. The predicted molar refractivity (Wildman–Crippen MR) is 180 cm³/mol. The molecule has 7 aromatic rings. The van der Waals surface area contributed by atoms with Crippen molar-refractivity contribution in [2.45, 2.75) is 43.9 Å². The summed E-state index contributed by atoms with van der Waals surface area (Å²) in [5.74, 6) is 2.09. The second-order valence-electron chi connectivity index (χ2n) is 13.5. The smallest absolute Gasteiger partial charge is 0.103 e. The van der Waals surface area contributed by atoms with E-state index in [2.05, 4.69) is 118 Å². The lowest BCUT2D eigenvalue weighted by atomic mass is 9.67. The van der Waals surface area contributed by atoms with Crippen molar-refractivity contribution in [3.8, 4) is 23.5 Å². The van der Waals surface area contributed by atoms with Crippen LogP contribution in [-0.2, 0) is 0 Å². The van der Waals surface area contributed by atoms with Gasteiger partial charge in [0.25, 0.3) is 0 Å². The van der Waals surface area contributed by atoms with Crippen molar-refractivity contribution in [2.75, 3.05) is 0 Å². The van der Waals surface area contributed by atoms with Crippen LogP contribution in [0.1, 0.15) is 66.2 Å². The summed E-state index contributed by atoms with van der Waals surface area (Å²) < 4.78 is 4.68. The van der Waals surface area contributed by atoms with Gasteiger partial charge >= 0.3 is 0 Å². The van der Waals surface area contributed by atoms with Crippen LogP contribution in [0.2, 0.25) is 0 Å². The van der Waals surface area contributed by atoms with Crippen LogP contribution in [-0.4, -0.2) is 9.13 Å². The van der Waals surface area contributed by atoms with E-state index in [0.29, 0.717) is 34.8 Å². The minimum absolute atomic E-state index is 0.359. The van der Waals surface area contributed by atoms with Crippen LogP contribution in [0.25, 0.3) is 55.0 Å². The Morgan fingerprint density at radius 3 is 1.07 bits per heavy atom. The summed E-state index contributed by atoms with van der Waals surface area (Å²) in [5.41, 5.74) is 9.91. The molecular weight excluding hydrogens is 548 g/mol. The van der Waals surface area contributed by atoms with Gasteiger partial charge in [-0.05, 0) is 91.2 Å². The Morgan fingerprint density at radius 2 is 0.756 bits per heavy atom. The summed E-state index contributed by atoms with van der Waals surface area (Å²) in [6, 6.07) is 39.5. The Labute approximate surface area is 261 Å². The third-order valence-corrected chi connectivity index (χ3v) is 11.3. The molecule has 4 aliphatic rings. The quantitative estimate of drug-likeness (QED) is 0.205. The Balaban J connectivity index is 1.45. The first-order valence-electron chi connectivity index (χ1n) is 16.3. The highest BCUT2D eigenvalue weighted by molar-refractivity contribution is 6.11. The van der Waals surface area contributed by atoms with Gasteiger partial charge in [-0.25, -0.2) is 0 Å². The van der Waals surface area contributed by atoms with Crippen molar-refractivity contribution in [1.29, 1.82) is 10.5 Å². The van der Waals surface area contributed by atoms with E-state index in [4.69, 9.17) is 0 Å². The monoisotopic (exact) mass is 578 g/mol. The molecule has 4 nitrogen and oxygen atoms in total. The fourth-order valence-corrected chi connectivity index (χ4v) is 9.92. The number of aromatic nitrogens is 2. The highest BCUT2D eigenvalue weighted by Crippen LogP contribution is 2.60. The average molecular weight is 579 g/mol. The highest BCUT2D eigenvalue weighted by atomic mass is 15.0. The number of benzene rings is 5. The fourth-order valence-electron chi connectivity index (χ4n) is 9.92. The summed E-state index contributed by atoms with van der Waals surface area (Å²) >= 11 is 0. The second kappa shape index (κ2) is 9.10. The molecule has 4 heteroatoms. The third-order valence-electron chi connectivity index (χ3n) is 11.3. The molecule has 4 aliphatic carbocycles. The van der Waals surface area contributed by atoms with Crippen LogP contribution < -0.4 is 0 Å². The van der Waals surface area contributed by atoms with Crippen LogP contribution in [0.3, 0.4) is 0 Å². The number of fused-ring (bicyclic) bond motifs is 6. The highest BCUT2D eigenvalue weighted by Gasteiger charge is 2.46. The number of rotatable bonds is 2. The van der Waals surface area contributed by atoms with Crippen molar-refractivity contribution >= 4 is 43.6 Å². The molecule has 2 saturated carbocycles. The lowest BCUT2D eigenvalue weighted by Crippen LogP contribution is -2.25. The Morgan fingerprint density at radius 1 is 0.444 bits per heavy atom. The molecular formula is C41H30N4. The molecule has 0 aliphatic heterocycles. The third kappa shape index (κ3) is 3.24. The summed E-state index contributed by atoms with van der Waals surface area (Å²) in [5, 5.41) is 27.0. The maximum atomic E-state index is 11.2. The minimum atomic E-state index is 0.359. The zero-order valence-corrected chi connectivity index (χ0v) is 24.9. The molecule has 0 N–H and O–H groups in total. The van der Waals surface area contributed by atoms with Crippen LogP contribution in [0, 0.1) is 34.5 Å². The molecule has 5 aromatic carbocycles. The van der Waals surface area contributed by atoms with Gasteiger partial charge < -0.3 is 9.13 Å². The zero-order valence-electron chi connectivity index (χ0n) is 24.9. The van der Waals surface area contributed by atoms with Crippen molar-refractivity contribution in [3.05, 3.63) is 119 Å². The van der Waals surface area contributed by atoms with Crippen LogP contribution in [0.5, 0.6) is 0 Å². The molecule has 0 atom stereocenters. The van der Waals surface area contributed by atoms with E-state index in [1.807, 2.05) is 0 Å². The van der Waals surface area contributed by atoms with E-state index in [9.17, 15) is 10.5 Å². The van der Waals surface area contributed by atoms with Crippen molar-refractivity contribution in [3.63, 3.8) is 0 Å². The molecule has 0 radical (unpaired) electrons. The maximum absolute atomic E-state index is 11.2. The normalized spacial score (nSPS) is 21.7. The Kier molecular flexibility index (Phi) is 5.07. The molecule has 2 aromatic heterocycles. The van der Waals surface area contributed by atoms with Gasteiger partial charge in [0.1, 0.15) is 12.1 Å². The summed E-state index contributed by atoms with van der Waals surface area (Å²) in [7, 11) is 0. The Bertz CT molecular complexity index is 2190. The molecule has 0 unspecified atom stereocenters. The van der Waals surface area contributed by atoms with E-state index < -0.39 is 0 Å².